The van der Waals surface area contributed by atoms with Crippen LogP contribution in [0.4, 0.5) is 0 Å². The molecule has 4 unspecified atom stereocenters. The van der Waals surface area contributed by atoms with Crippen molar-refractivity contribution in [3.63, 3.8) is 0 Å². The van der Waals surface area contributed by atoms with Crippen LogP contribution in [0.25, 0.3) is 0 Å². The minimum absolute atomic E-state index is 0.00450. The van der Waals surface area contributed by atoms with Crippen molar-refractivity contribution in [3.05, 3.63) is 0 Å². The number of hydrogen-bond donors (Lipinski definition) is 0. The number of ether oxygens (including phenoxy) is 2. The first-order valence-corrected chi connectivity index (χ1v) is 7.01. The van der Waals surface area contributed by atoms with E-state index in [4.69, 9.17) is 9.47 Å². The van der Waals surface area contributed by atoms with Gasteiger partial charge in [-0.3, -0.25) is 4.79 Å². The third-order valence-corrected chi connectivity index (χ3v) is 4.93. The number of cyclic esters (lactones) is 1. The predicted molar refractivity (Wildman–Crippen MR) is 63.5 cm³/mol. The average molecular weight is 238 g/mol. The van der Waals surface area contributed by atoms with E-state index in [0.29, 0.717) is 25.0 Å². The summed E-state index contributed by atoms with van der Waals surface area (Å²) in [5, 5.41) is 0. The highest BCUT2D eigenvalue weighted by Crippen LogP contribution is 2.60. The van der Waals surface area contributed by atoms with Crippen molar-refractivity contribution in [2.75, 3.05) is 13.2 Å². The lowest BCUT2D eigenvalue weighted by Crippen LogP contribution is -2.38. The summed E-state index contributed by atoms with van der Waals surface area (Å²) in [6.45, 7) is 3.73. The van der Waals surface area contributed by atoms with E-state index in [1.807, 2.05) is 0 Å². The van der Waals surface area contributed by atoms with Crippen LogP contribution in [0.1, 0.15) is 45.4 Å². The normalized spacial score (nSPS) is 43.6. The number of fused-ring (bicyclic) bond motifs is 3. The quantitative estimate of drug-likeness (QED) is 0.557. The predicted octanol–water partition coefficient (Wildman–Crippen LogP) is 2.53. The summed E-state index contributed by atoms with van der Waals surface area (Å²) < 4.78 is 11.3. The minimum Gasteiger partial charge on any atom is -0.465 e. The highest BCUT2D eigenvalue weighted by atomic mass is 16.5. The Balaban J connectivity index is 1.64. The fourth-order valence-electron chi connectivity index (χ4n) is 4.18. The molecule has 3 heteroatoms. The molecule has 0 amide bonds. The number of hydrogen-bond acceptors (Lipinski definition) is 3. The molecule has 1 aliphatic heterocycles. The Hall–Kier alpha value is -0.570. The van der Waals surface area contributed by atoms with Gasteiger partial charge in [-0.2, -0.15) is 0 Å². The zero-order valence-electron chi connectivity index (χ0n) is 10.6. The van der Waals surface area contributed by atoms with Gasteiger partial charge >= 0.3 is 5.97 Å². The summed E-state index contributed by atoms with van der Waals surface area (Å²) in [6, 6.07) is 0. The van der Waals surface area contributed by atoms with Crippen molar-refractivity contribution in [1.29, 1.82) is 0 Å². The van der Waals surface area contributed by atoms with Crippen LogP contribution in [0.2, 0.25) is 0 Å². The Kier molecular flexibility index (Phi) is 2.89. The molecule has 0 aromatic rings. The summed E-state index contributed by atoms with van der Waals surface area (Å²) in [5.41, 5.74) is 0.150. The molecule has 2 bridgehead atoms. The van der Waals surface area contributed by atoms with Gasteiger partial charge in [0.05, 0.1) is 19.1 Å². The molecule has 2 aliphatic carbocycles. The molecule has 0 aromatic carbocycles. The van der Waals surface area contributed by atoms with E-state index >= 15 is 0 Å². The summed E-state index contributed by atoms with van der Waals surface area (Å²) in [5.74, 6) is 1.36. The topological polar surface area (TPSA) is 35.5 Å². The Morgan fingerprint density at radius 2 is 2.35 bits per heavy atom. The molecule has 3 fully saturated rings. The zero-order valence-corrected chi connectivity index (χ0v) is 10.6. The maximum Gasteiger partial charge on any atom is 0.306 e. The van der Waals surface area contributed by atoms with Gasteiger partial charge in [-0.15, -0.1) is 0 Å². The molecule has 1 saturated heterocycles. The molecular weight excluding hydrogens is 216 g/mol. The van der Waals surface area contributed by atoms with E-state index in [-0.39, 0.29) is 11.4 Å². The van der Waals surface area contributed by atoms with Gasteiger partial charge in [0.2, 0.25) is 0 Å². The molecule has 2 saturated carbocycles. The lowest BCUT2D eigenvalue weighted by Gasteiger charge is -2.36. The number of esters is 1. The first kappa shape index (κ1) is 11.5. The maximum atomic E-state index is 11.4. The lowest BCUT2D eigenvalue weighted by atomic mass is 9.71. The number of unbranched alkanes of at least 4 members (excludes halogenated alkanes) is 1. The molecule has 1 heterocycles. The SMILES string of the molecule is CCCCOC1CC2CC1C1(COC(=O)C1)C2. The molecular formula is C14H22O3. The molecule has 96 valence electrons. The standard InChI is InChI=1S/C14H22O3/c1-2-3-4-16-12-6-10-5-11(12)14(7-10)8-13(15)17-9-14/h10-12H,2-9H2,1H3. The number of carbonyl (C=O) groups is 1. The Bertz CT molecular complexity index is 315. The van der Waals surface area contributed by atoms with Gasteiger partial charge in [-0.25, -0.2) is 0 Å². The number of carbonyl (C=O) groups excluding carboxylic acids is 1. The smallest absolute Gasteiger partial charge is 0.306 e. The number of rotatable bonds is 4. The zero-order chi connectivity index (χ0) is 11.9. The van der Waals surface area contributed by atoms with Gasteiger partial charge in [-0.05, 0) is 37.5 Å². The maximum absolute atomic E-state index is 11.4. The van der Waals surface area contributed by atoms with Crippen LogP contribution >= 0.6 is 0 Å². The van der Waals surface area contributed by atoms with Crippen molar-refractivity contribution in [1.82, 2.24) is 0 Å². The van der Waals surface area contributed by atoms with Crippen LogP contribution in [0, 0.1) is 17.3 Å². The molecule has 0 N–H and O–H groups in total. The first-order chi connectivity index (χ1) is 8.23. The fraction of sp³-hybridized carbons (Fsp3) is 0.929. The Morgan fingerprint density at radius 1 is 1.47 bits per heavy atom. The van der Waals surface area contributed by atoms with Gasteiger partial charge in [0, 0.05) is 12.0 Å². The van der Waals surface area contributed by atoms with E-state index in [1.165, 1.54) is 25.7 Å². The molecule has 3 aliphatic rings. The average Bonchev–Trinajstić information content (AvgIpc) is 2.94. The van der Waals surface area contributed by atoms with Crippen LogP contribution in [-0.4, -0.2) is 25.3 Å². The minimum atomic E-state index is 0.00450. The molecule has 4 atom stereocenters. The van der Waals surface area contributed by atoms with Crippen molar-refractivity contribution < 1.29 is 14.3 Å². The second-order valence-electron chi connectivity index (χ2n) is 6.11. The largest absolute Gasteiger partial charge is 0.465 e. The van der Waals surface area contributed by atoms with E-state index in [2.05, 4.69) is 6.92 Å². The highest BCUT2D eigenvalue weighted by Gasteiger charge is 2.59. The highest BCUT2D eigenvalue weighted by molar-refractivity contribution is 5.72. The van der Waals surface area contributed by atoms with Crippen molar-refractivity contribution >= 4 is 5.97 Å². The molecule has 17 heavy (non-hydrogen) atoms. The van der Waals surface area contributed by atoms with Crippen LogP contribution < -0.4 is 0 Å². The van der Waals surface area contributed by atoms with Crippen molar-refractivity contribution in [2.45, 2.75) is 51.6 Å². The van der Waals surface area contributed by atoms with Crippen LogP contribution in [-0.2, 0) is 14.3 Å². The Morgan fingerprint density at radius 3 is 3.00 bits per heavy atom. The summed E-state index contributed by atoms with van der Waals surface area (Å²) in [7, 11) is 0. The molecule has 1 spiro atoms. The molecule has 3 rings (SSSR count). The van der Waals surface area contributed by atoms with Crippen LogP contribution in [0.3, 0.4) is 0 Å². The van der Waals surface area contributed by atoms with E-state index in [9.17, 15) is 4.79 Å². The monoisotopic (exact) mass is 238 g/mol. The third-order valence-electron chi connectivity index (χ3n) is 4.93. The fourth-order valence-corrected chi connectivity index (χ4v) is 4.18. The second-order valence-corrected chi connectivity index (χ2v) is 6.11. The van der Waals surface area contributed by atoms with Gasteiger partial charge in [0.25, 0.3) is 0 Å². The van der Waals surface area contributed by atoms with E-state index in [1.54, 1.807) is 0 Å². The molecule has 3 nitrogen and oxygen atoms in total. The van der Waals surface area contributed by atoms with E-state index in [0.717, 1.165) is 18.9 Å². The summed E-state index contributed by atoms with van der Waals surface area (Å²) >= 11 is 0. The van der Waals surface area contributed by atoms with Crippen LogP contribution in [0.15, 0.2) is 0 Å². The molecule has 0 radical (unpaired) electrons. The van der Waals surface area contributed by atoms with Crippen molar-refractivity contribution in [3.8, 4) is 0 Å². The second kappa shape index (κ2) is 4.27. The van der Waals surface area contributed by atoms with Crippen molar-refractivity contribution in [2.24, 2.45) is 17.3 Å². The van der Waals surface area contributed by atoms with Crippen LogP contribution in [0.5, 0.6) is 0 Å². The van der Waals surface area contributed by atoms with E-state index < -0.39 is 0 Å². The summed E-state index contributed by atoms with van der Waals surface area (Å²) in [4.78, 5) is 11.4. The van der Waals surface area contributed by atoms with Gasteiger partial charge in [0.15, 0.2) is 0 Å². The van der Waals surface area contributed by atoms with Gasteiger partial charge in [0.1, 0.15) is 0 Å². The summed E-state index contributed by atoms with van der Waals surface area (Å²) in [6.07, 6.45) is 7.04. The Labute approximate surface area is 103 Å². The van der Waals surface area contributed by atoms with Gasteiger partial charge in [-0.1, -0.05) is 13.3 Å². The third kappa shape index (κ3) is 1.88. The molecule has 0 aromatic heterocycles. The lowest BCUT2D eigenvalue weighted by molar-refractivity contribution is -0.137. The first-order valence-electron chi connectivity index (χ1n) is 7.01. The van der Waals surface area contributed by atoms with Gasteiger partial charge < -0.3 is 9.47 Å².